The van der Waals surface area contributed by atoms with E-state index in [1.807, 2.05) is 42.1 Å². The lowest BCUT2D eigenvalue weighted by Gasteiger charge is -2.24. The van der Waals surface area contributed by atoms with Gasteiger partial charge in [-0.15, -0.1) is 0 Å². The fourth-order valence-electron chi connectivity index (χ4n) is 2.40. The van der Waals surface area contributed by atoms with Gasteiger partial charge in [0.15, 0.2) is 0 Å². The summed E-state index contributed by atoms with van der Waals surface area (Å²) in [5, 5.41) is 0. The van der Waals surface area contributed by atoms with Crippen molar-refractivity contribution in [1.29, 1.82) is 0 Å². The summed E-state index contributed by atoms with van der Waals surface area (Å²) in [6.45, 7) is 0.472. The van der Waals surface area contributed by atoms with Gasteiger partial charge in [-0.05, 0) is 18.1 Å². The topological polar surface area (TPSA) is 44.1 Å². The van der Waals surface area contributed by atoms with E-state index in [-0.39, 0.29) is 11.7 Å². The molecule has 0 spiro atoms. The van der Waals surface area contributed by atoms with E-state index in [2.05, 4.69) is 4.98 Å². The van der Waals surface area contributed by atoms with Crippen LogP contribution < -0.4 is 4.74 Å². The normalized spacial score (nSPS) is 17.6. The number of para-hydroxylation sites is 1. The molecule has 1 aliphatic heterocycles. The molecule has 98 valence electrons. The largest absolute Gasteiger partial charge is 0.493 e. The molecule has 19 heavy (non-hydrogen) atoms. The number of carbonyl (C=O) groups is 1. The number of rotatable bonds is 3. The summed E-state index contributed by atoms with van der Waals surface area (Å²) >= 11 is 0. The van der Waals surface area contributed by atoms with E-state index >= 15 is 0 Å². The molecule has 0 radical (unpaired) electrons. The van der Waals surface area contributed by atoms with Gasteiger partial charge >= 0.3 is 0 Å². The number of ether oxygens (including phenoxy) is 1. The smallest absolute Gasteiger partial charge is 0.147 e. The molecule has 0 saturated heterocycles. The first-order valence-corrected chi connectivity index (χ1v) is 6.43. The van der Waals surface area contributed by atoms with Crippen molar-refractivity contribution in [2.24, 2.45) is 13.0 Å². The van der Waals surface area contributed by atoms with Gasteiger partial charge in [-0.2, -0.15) is 0 Å². The Bertz CT molecular complexity index is 604. The van der Waals surface area contributed by atoms with Crippen molar-refractivity contribution in [3.8, 4) is 5.75 Å². The van der Waals surface area contributed by atoms with Crippen LogP contribution in [0.15, 0.2) is 36.7 Å². The minimum absolute atomic E-state index is 0.0633. The van der Waals surface area contributed by atoms with E-state index in [4.69, 9.17) is 4.74 Å². The number of hydrogen-bond acceptors (Lipinski definition) is 3. The Morgan fingerprint density at radius 2 is 2.32 bits per heavy atom. The minimum atomic E-state index is -0.0633. The van der Waals surface area contributed by atoms with Crippen molar-refractivity contribution in [2.45, 2.75) is 12.8 Å². The molecule has 1 atom stereocenters. The summed E-state index contributed by atoms with van der Waals surface area (Å²) in [5.74, 6) is 1.85. The van der Waals surface area contributed by atoms with E-state index in [9.17, 15) is 4.79 Å². The summed E-state index contributed by atoms with van der Waals surface area (Å²) in [6.07, 6.45) is 4.71. The molecule has 1 unspecified atom stereocenters. The average Bonchev–Trinajstić information content (AvgIpc) is 2.84. The first kappa shape index (κ1) is 12.0. The number of imidazole rings is 1. The van der Waals surface area contributed by atoms with Gasteiger partial charge in [-0.25, -0.2) is 4.98 Å². The lowest BCUT2D eigenvalue weighted by atomic mass is 9.91. The van der Waals surface area contributed by atoms with Crippen LogP contribution in [0.2, 0.25) is 0 Å². The van der Waals surface area contributed by atoms with Gasteiger partial charge in [0.1, 0.15) is 17.4 Å². The Labute approximate surface area is 112 Å². The molecule has 1 aromatic heterocycles. The van der Waals surface area contributed by atoms with E-state index in [0.717, 1.165) is 23.6 Å². The standard InChI is InChI=1S/C15H16N2O2/c1-17-7-6-16-15(17)9-13(18)12-8-11-4-2-3-5-14(11)19-10-12/h2-7,12H,8-10H2,1H3. The Kier molecular flexibility index (Phi) is 3.07. The molecule has 0 bridgehead atoms. The maximum Gasteiger partial charge on any atom is 0.147 e. The van der Waals surface area contributed by atoms with E-state index in [1.165, 1.54) is 0 Å². The number of Topliss-reactive ketones (excluding diaryl/α,β-unsaturated/α-hetero) is 1. The van der Waals surface area contributed by atoms with Crippen molar-refractivity contribution in [3.63, 3.8) is 0 Å². The Balaban J connectivity index is 1.71. The average molecular weight is 256 g/mol. The molecule has 1 aromatic carbocycles. The zero-order chi connectivity index (χ0) is 13.2. The highest BCUT2D eigenvalue weighted by Gasteiger charge is 2.26. The minimum Gasteiger partial charge on any atom is -0.493 e. The predicted octanol–water partition coefficient (Wildman–Crippen LogP) is 1.78. The second-order valence-corrected chi connectivity index (χ2v) is 4.92. The van der Waals surface area contributed by atoms with Gasteiger partial charge in [0.25, 0.3) is 0 Å². The number of ketones is 1. The highest BCUT2D eigenvalue weighted by Crippen LogP contribution is 2.27. The second kappa shape index (κ2) is 4.88. The van der Waals surface area contributed by atoms with Gasteiger partial charge in [0, 0.05) is 19.4 Å². The molecule has 4 heteroatoms. The fraction of sp³-hybridized carbons (Fsp3) is 0.333. The molecule has 0 fully saturated rings. The summed E-state index contributed by atoms with van der Waals surface area (Å²) in [7, 11) is 1.91. The highest BCUT2D eigenvalue weighted by molar-refractivity contribution is 5.83. The van der Waals surface area contributed by atoms with E-state index in [1.54, 1.807) is 6.20 Å². The third-order valence-electron chi connectivity index (χ3n) is 3.59. The van der Waals surface area contributed by atoms with Crippen LogP contribution in [0.1, 0.15) is 11.4 Å². The van der Waals surface area contributed by atoms with Crippen LogP contribution in [0.4, 0.5) is 0 Å². The molecule has 0 N–H and O–H groups in total. The van der Waals surface area contributed by atoms with E-state index < -0.39 is 0 Å². The first-order chi connectivity index (χ1) is 9.24. The Morgan fingerprint density at radius 1 is 1.47 bits per heavy atom. The number of carbonyl (C=O) groups excluding carboxylic acids is 1. The predicted molar refractivity (Wildman–Crippen MR) is 71.1 cm³/mol. The Morgan fingerprint density at radius 3 is 3.11 bits per heavy atom. The lowest BCUT2D eigenvalue weighted by molar-refractivity contribution is -0.123. The molecular formula is C15H16N2O2. The monoisotopic (exact) mass is 256 g/mol. The number of aryl methyl sites for hydroxylation is 1. The van der Waals surface area contributed by atoms with Crippen LogP contribution in [0, 0.1) is 5.92 Å². The summed E-state index contributed by atoms with van der Waals surface area (Å²) in [4.78, 5) is 16.5. The van der Waals surface area contributed by atoms with E-state index in [0.29, 0.717) is 13.0 Å². The van der Waals surface area contributed by atoms with Gasteiger partial charge in [-0.1, -0.05) is 18.2 Å². The van der Waals surface area contributed by atoms with Gasteiger partial charge in [0.05, 0.1) is 18.9 Å². The van der Waals surface area contributed by atoms with Crippen molar-refractivity contribution in [2.75, 3.05) is 6.61 Å². The molecule has 2 heterocycles. The maximum absolute atomic E-state index is 12.3. The second-order valence-electron chi connectivity index (χ2n) is 4.92. The quantitative estimate of drug-likeness (QED) is 0.841. The van der Waals surface area contributed by atoms with Gasteiger partial charge in [0.2, 0.25) is 0 Å². The van der Waals surface area contributed by atoms with Crippen molar-refractivity contribution >= 4 is 5.78 Å². The lowest BCUT2D eigenvalue weighted by Crippen LogP contribution is -2.29. The van der Waals surface area contributed by atoms with Crippen LogP contribution in [0.3, 0.4) is 0 Å². The SMILES string of the molecule is Cn1ccnc1CC(=O)C1COc2ccccc2C1. The maximum atomic E-state index is 12.3. The summed E-state index contributed by atoms with van der Waals surface area (Å²) in [5.41, 5.74) is 1.12. The van der Waals surface area contributed by atoms with Crippen LogP contribution in [0.5, 0.6) is 5.75 Å². The molecule has 3 rings (SSSR count). The summed E-state index contributed by atoms with van der Waals surface area (Å²) < 4.78 is 7.54. The molecule has 0 amide bonds. The third kappa shape index (κ3) is 2.38. The number of nitrogens with zero attached hydrogens (tertiary/aromatic N) is 2. The fourth-order valence-corrected chi connectivity index (χ4v) is 2.40. The number of aromatic nitrogens is 2. The Hall–Kier alpha value is -2.10. The molecule has 0 saturated carbocycles. The zero-order valence-electron chi connectivity index (χ0n) is 10.9. The van der Waals surface area contributed by atoms with Crippen LogP contribution in [-0.2, 0) is 24.7 Å². The first-order valence-electron chi connectivity index (χ1n) is 6.43. The van der Waals surface area contributed by atoms with Crippen molar-refractivity contribution in [1.82, 2.24) is 9.55 Å². The van der Waals surface area contributed by atoms with Crippen LogP contribution >= 0.6 is 0 Å². The molecular weight excluding hydrogens is 240 g/mol. The van der Waals surface area contributed by atoms with Crippen LogP contribution in [-0.4, -0.2) is 21.9 Å². The highest BCUT2D eigenvalue weighted by atomic mass is 16.5. The van der Waals surface area contributed by atoms with Crippen LogP contribution in [0.25, 0.3) is 0 Å². The van der Waals surface area contributed by atoms with Crippen molar-refractivity contribution in [3.05, 3.63) is 48.0 Å². The number of hydrogen-bond donors (Lipinski definition) is 0. The zero-order valence-corrected chi connectivity index (χ0v) is 10.9. The summed E-state index contributed by atoms with van der Waals surface area (Å²) in [6, 6.07) is 7.91. The third-order valence-corrected chi connectivity index (χ3v) is 3.59. The molecule has 0 aliphatic carbocycles. The molecule has 1 aliphatic rings. The van der Waals surface area contributed by atoms with Gasteiger partial charge in [-0.3, -0.25) is 4.79 Å². The van der Waals surface area contributed by atoms with Gasteiger partial charge < -0.3 is 9.30 Å². The molecule has 2 aromatic rings. The number of benzene rings is 1. The number of fused-ring (bicyclic) bond motifs is 1. The molecule has 4 nitrogen and oxygen atoms in total. The van der Waals surface area contributed by atoms with Crippen molar-refractivity contribution < 1.29 is 9.53 Å².